The van der Waals surface area contributed by atoms with Crippen molar-refractivity contribution in [3.05, 3.63) is 33.8 Å². The third kappa shape index (κ3) is 5.71. The Morgan fingerprint density at radius 1 is 1.29 bits per heavy atom. The molecule has 0 saturated carbocycles. The van der Waals surface area contributed by atoms with Crippen molar-refractivity contribution in [1.29, 1.82) is 0 Å². The van der Waals surface area contributed by atoms with Crippen molar-refractivity contribution in [1.82, 2.24) is 10.2 Å². The van der Waals surface area contributed by atoms with Crippen LogP contribution in [0.3, 0.4) is 0 Å². The molecular formula is C15H21BrF2N2O. The van der Waals surface area contributed by atoms with Crippen molar-refractivity contribution in [2.75, 3.05) is 20.6 Å². The van der Waals surface area contributed by atoms with E-state index >= 15 is 0 Å². The molecule has 6 heteroatoms. The van der Waals surface area contributed by atoms with Crippen LogP contribution in [-0.4, -0.2) is 37.5 Å². The Hall–Kier alpha value is -1.01. The number of rotatable bonds is 6. The Morgan fingerprint density at radius 3 is 2.24 bits per heavy atom. The number of hydrogen-bond acceptors (Lipinski definition) is 2. The lowest BCUT2D eigenvalue weighted by atomic mass is 10.0. The van der Waals surface area contributed by atoms with Crippen LogP contribution in [0.5, 0.6) is 0 Å². The summed E-state index contributed by atoms with van der Waals surface area (Å²) in [5, 5.41) is 2.72. The Morgan fingerprint density at radius 2 is 1.81 bits per heavy atom. The summed E-state index contributed by atoms with van der Waals surface area (Å²) >= 11 is 2.99. The molecule has 0 heterocycles. The van der Waals surface area contributed by atoms with Gasteiger partial charge in [0, 0.05) is 17.1 Å². The number of carbonyl (C=O) groups excluding carboxylic acids is 1. The molecule has 1 unspecified atom stereocenters. The highest BCUT2D eigenvalue weighted by Crippen LogP contribution is 2.19. The highest BCUT2D eigenvalue weighted by molar-refractivity contribution is 9.10. The Balaban J connectivity index is 2.91. The average molecular weight is 363 g/mol. The number of nitrogens with one attached hydrogen (secondary N) is 1. The van der Waals surface area contributed by atoms with Crippen LogP contribution in [0.15, 0.2) is 16.6 Å². The SMILES string of the molecule is CC(C)CC(CN(C)C)NC(=O)c1c(F)cc(Br)cc1F. The van der Waals surface area contributed by atoms with E-state index in [9.17, 15) is 13.6 Å². The lowest BCUT2D eigenvalue weighted by Gasteiger charge is -2.24. The van der Waals surface area contributed by atoms with Crippen LogP contribution < -0.4 is 5.32 Å². The first-order chi connectivity index (χ1) is 9.70. The Kier molecular flexibility index (Phi) is 6.74. The number of carbonyl (C=O) groups is 1. The van der Waals surface area contributed by atoms with Gasteiger partial charge >= 0.3 is 0 Å². The summed E-state index contributed by atoms with van der Waals surface area (Å²) in [7, 11) is 3.78. The molecule has 0 fully saturated rings. The van der Waals surface area contributed by atoms with Gasteiger partial charge in [0.2, 0.25) is 0 Å². The largest absolute Gasteiger partial charge is 0.348 e. The van der Waals surface area contributed by atoms with Crippen molar-refractivity contribution in [2.24, 2.45) is 5.92 Å². The summed E-state index contributed by atoms with van der Waals surface area (Å²) in [6, 6.07) is 2.01. The molecular weight excluding hydrogens is 342 g/mol. The highest BCUT2D eigenvalue weighted by atomic mass is 79.9. The van der Waals surface area contributed by atoms with E-state index in [0.717, 1.165) is 18.6 Å². The van der Waals surface area contributed by atoms with Gasteiger partial charge in [0.1, 0.15) is 17.2 Å². The minimum atomic E-state index is -0.868. The van der Waals surface area contributed by atoms with E-state index in [4.69, 9.17) is 0 Å². The van der Waals surface area contributed by atoms with Gasteiger partial charge < -0.3 is 10.2 Å². The second kappa shape index (κ2) is 7.84. The van der Waals surface area contributed by atoms with Crippen molar-refractivity contribution in [3.8, 4) is 0 Å². The highest BCUT2D eigenvalue weighted by Gasteiger charge is 2.22. The molecule has 118 valence electrons. The molecule has 1 aromatic carbocycles. The minimum Gasteiger partial charge on any atom is -0.348 e. The van der Waals surface area contributed by atoms with Gasteiger partial charge in [-0.3, -0.25) is 4.79 Å². The summed E-state index contributed by atoms with van der Waals surface area (Å²) in [6.45, 7) is 4.69. The van der Waals surface area contributed by atoms with Crippen LogP contribution in [0.1, 0.15) is 30.6 Å². The molecule has 0 aliphatic heterocycles. The lowest BCUT2D eigenvalue weighted by Crippen LogP contribution is -2.43. The number of hydrogen-bond donors (Lipinski definition) is 1. The van der Waals surface area contributed by atoms with Gasteiger partial charge in [-0.1, -0.05) is 29.8 Å². The zero-order valence-electron chi connectivity index (χ0n) is 12.7. The van der Waals surface area contributed by atoms with E-state index in [-0.39, 0.29) is 10.5 Å². The van der Waals surface area contributed by atoms with Crippen molar-refractivity contribution < 1.29 is 13.6 Å². The summed E-state index contributed by atoms with van der Waals surface area (Å²) in [5.41, 5.74) is -0.536. The molecule has 0 aliphatic rings. The predicted molar refractivity (Wildman–Crippen MR) is 83.3 cm³/mol. The number of nitrogens with zero attached hydrogens (tertiary/aromatic N) is 1. The molecule has 0 aromatic heterocycles. The molecule has 0 radical (unpaired) electrons. The topological polar surface area (TPSA) is 32.3 Å². The van der Waals surface area contributed by atoms with E-state index in [1.165, 1.54) is 0 Å². The fraction of sp³-hybridized carbons (Fsp3) is 0.533. The molecule has 1 aromatic rings. The summed E-state index contributed by atoms with van der Waals surface area (Å²) in [5.74, 6) is -2.08. The fourth-order valence-corrected chi connectivity index (χ4v) is 2.61. The molecule has 0 saturated heterocycles. The monoisotopic (exact) mass is 362 g/mol. The van der Waals surface area contributed by atoms with Crippen molar-refractivity contribution >= 4 is 21.8 Å². The van der Waals surface area contributed by atoms with E-state index in [2.05, 4.69) is 21.2 Å². The third-order valence-corrected chi connectivity index (χ3v) is 3.37. The van der Waals surface area contributed by atoms with E-state index < -0.39 is 23.1 Å². The van der Waals surface area contributed by atoms with Crippen LogP contribution in [0.4, 0.5) is 8.78 Å². The van der Waals surface area contributed by atoms with E-state index in [1.807, 2.05) is 32.8 Å². The first-order valence-electron chi connectivity index (χ1n) is 6.80. The zero-order valence-corrected chi connectivity index (χ0v) is 14.3. The third-order valence-electron chi connectivity index (χ3n) is 2.91. The Bertz CT molecular complexity index is 473. The van der Waals surface area contributed by atoms with Gasteiger partial charge in [0.05, 0.1) is 0 Å². The van der Waals surface area contributed by atoms with Crippen LogP contribution >= 0.6 is 15.9 Å². The molecule has 21 heavy (non-hydrogen) atoms. The van der Waals surface area contributed by atoms with E-state index in [1.54, 1.807) is 0 Å². The number of amides is 1. The van der Waals surface area contributed by atoms with Gasteiger partial charge in [0.15, 0.2) is 0 Å². The summed E-state index contributed by atoms with van der Waals surface area (Å²) < 4.78 is 27.9. The first-order valence-corrected chi connectivity index (χ1v) is 7.60. The van der Waals surface area contributed by atoms with Gasteiger partial charge in [-0.2, -0.15) is 0 Å². The minimum absolute atomic E-state index is 0.157. The maximum Gasteiger partial charge on any atom is 0.257 e. The maximum atomic E-state index is 13.8. The van der Waals surface area contributed by atoms with Gasteiger partial charge in [-0.25, -0.2) is 8.78 Å². The molecule has 3 nitrogen and oxygen atoms in total. The second-order valence-electron chi connectivity index (χ2n) is 5.81. The molecule has 0 spiro atoms. The summed E-state index contributed by atoms with van der Waals surface area (Å²) in [4.78, 5) is 14.1. The number of benzene rings is 1. The standard InChI is InChI=1S/C15H21BrF2N2O/c1-9(2)5-11(8-20(3)4)19-15(21)14-12(17)6-10(16)7-13(14)18/h6-7,9,11H,5,8H2,1-4H3,(H,19,21). The van der Waals surface area contributed by atoms with Gasteiger partial charge in [-0.05, 0) is 38.6 Å². The van der Waals surface area contributed by atoms with Crippen LogP contribution in [0.2, 0.25) is 0 Å². The molecule has 1 amide bonds. The van der Waals surface area contributed by atoms with Gasteiger partial charge in [-0.15, -0.1) is 0 Å². The smallest absolute Gasteiger partial charge is 0.257 e. The van der Waals surface area contributed by atoms with Crippen LogP contribution in [0.25, 0.3) is 0 Å². The quantitative estimate of drug-likeness (QED) is 0.840. The normalized spacial score (nSPS) is 12.8. The molecule has 0 aliphatic carbocycles. The zero-order chi connectivity index (χ0) is 16.2. The summed E-state index contributed by atoms with van der Waals surface area (Å²) in [6.07, 6.45) is 0.740. The van der Waals surface area contributed by atoms with Crippen molar-refractivity contribution in [3.63, 3.8) is 0 Å². The lowest BCUT2D eigenvalue weighted by molar-refractivity contribution is 0.0916. The van der Waals surface area contributed by atoms with Crippen LogP contribution in [-0.2, 0) is 0 Å². The fourth-order valence-electron chi connectivity index (χ4n) is 2.21. The first kappa shape index (κ1) is 18.0. The van der Waals surface area contributed by atoms with Crippen molar-refractivity contribution in [2.45, 2.75) is 26.3 Å². The molecule has 0 bridgehead atoms. The average Bonchev–Trinajstić information content (AvgIpc) is 2.24. The molecule has 1 rings (SSSR count). The number of halogens is 3. The van der Waals surface area contributed by atoms with E-state index in [0.29, 0.717) is 12.5 Å². The predicted octanol–water partition coefficient (Wildman–Crippen LogP) is 3.43. The molecule has 1 atom stereocenters. The Labute approximate surface area is 132 Å². The van der Waals surface area contributed by atoms with Gasteiger partial charge in [0.25, 0.3) is 5.91 Å². The van der Waals surface area contributed by atoms with Crippen LogP contribution in [0, 0.1) is 17.6 Å². The number of likely N-dealkylation sites (N-methyl/N-ethyl adjacent to an activating group) is 1. The second-order valence-corrected chi connectivity index (χ2v) is 6.72. The molecule has 1 N–H and O–H groups in total. The maximum absolute atomic E-state index is 13.8.